The second-order valence-corrected chi connectivity index (χ2v) is 3.61. The second kappa shape index (κ2) is 6.77. The predicted octanol–water partition coefficient (Wildman–Crippen LogP) is 4.28. The van der Waals surface area contributed by atoms with E-state index in [2.05, 4.69) is 36.3 Å². The van der Waals surface area contributed by atoms with Gasteiger partial charge in [-0.05, 0) is 6.08 Å². The Morgan fingerprint density at radius 2 is 1.95 bits per heavy atom. The van der Waals surface area contributed by atoms with E-state index < -0.39 is 0 Å². The van der Waals surface area contributed by atoms with Crippen molar-refractivity contribution in [1.82, 2.24) is 4.98 Å². The summed E-state index contributed by atoms with van der Waals surface area (Å²) >= 11 is 0. The first-order valence-electron chi connectivity index (χ1n) is 5.61. The molecule has 1 aromatic rings. The molecule has 0 aliphatic rings. The Hall–Kier alpha value is -2.86. The maximum atomic E-state index is 8.65. The number of nitrogens with one attached hydrogen (secondary N) is 1. The van der Waals surface area contributed by atoms with Crippen molar-refractivity contribution in [2.75, 3.05) is 0 Å². The Morgan fingerprint density at radius 3 is 2.47 bits per heavy atom. The van der Waals surface area contributed by atoms with Crippen LogP contribution in [0.1, 0.15) is 16.8 Å². The maximum absolute atomic E-state index is 8.65. The minimum absolute atomic E-state index is 0.285. The molecule has 0 unspecified atom stereocenters. The molecule has 0 atom stereocenters. The summed E-state index contributed by atoms with van der Waals surface area (Å²) < 4.78 is 0. The molecule has 0 aromatic carbocycles. The molecule has 1 heterocycles. The van der Waals surface area contributed by atoms with Crippen molar-refractivity contribution in [2.24, 2.45) is 4.99 Å². The number of H-pyrrole nitrogens is 1. The molecule has 0 saturated carbocycles. The second-order valence-electron chi connectivity index (χ2n) is 3.61. The highest BCUT2D eigenvalue weighted by atomic mass is 14.9. The third-order valence-electron chi connectivity index (χ3n) is 2.39. The number of rotatable bonds is 6. The normalized spacial score (nSPS) is 10.5. The van der Waals surface area contributed by atoms with Gasteiger partial charge in [0.15, 0.2) is 0 Å². The van der Waals surface area contributed by atoms with Gasteiger partial charge in [0.25, 0.3) is 0 Å². The van der Waals surface area contributed by atoms with E-state index in [4.69, 9.17) is 5.26 Å². The Labute approximate surface area is 113 Å². The summed E-state index contributed by atoms with van der Waals surface area (Å²) in [6.07, 6.45) is 10.2. The monoisotopic (exact) mass is 249 g/mol. The van der Waals surface area contributed by atoms with Crippen LogP contribution < -0.4 is 0 Å². The summed E-state index contributed by atoms with van der Waals surface area (Å²) in [5, 5.41) is 8.65. The lowest BCUT2D eigenvalue weighted by Gasteiger charge is -1.94. The van der Waals surface area contributed by atoms with Gasteiger partial charge < -0.3 is 4.98 Å². The summed E-state index contributed by atoms with van der Waals surface area (Å²) in [4.78, 5) is 7.32. The zero-order valence-electron chi connectivity index (χ0n) is 10.7. The molecule has 1 N–H and O–H groups in total. The highest BCUT2D eigenvalue weighted by molar-refractivity contribution is 5.87. The van der Waals surface area contributed by atoms with Crippen molar-refractivity contribution in [2.45, 2.75) is 0 Å². The molecule has 19 heavy (non-hydrogen) atoms. The number of nitrogens with zero attached hydrogens (tertiary/aromatic N) is 2. The van der Waals surface area contributed by atoms with Gasteiger partial charge in [0, 0.05) is 23.0 Å². The molecule has 94 valence electrons. The van der Waals surface area contributed by atoms with Crippen LogP contribution in [-0.4, -0.2) is 11.2 Å². The van der Waals surface area contributed by atoms with Crippen molar-refractivity contribution >= 4 is 30.3 Å². The third-order valence-corrected chi connectivity index (χ3v) is 2.39. The molecule has 1 aromatic heterocycles. The summed E-state index contributed by atoms with van der Waals surface area (Å²) in [7, 11) is 0. The summed E-state index contributed by atoms with van der Waals surface area (Å²) in [6, 6.07) is 1.91. The van der Waals surface area contributed by atoms with Crippen LogP contribution in [0.4, 0.5) is 5.82 Å². The minimum Gasteiger partial charge on any atom is -0.339 e. The molecule has 3 nitrogen and oxygen atoms in total. The van der Waals surface area contributed by atoms with Gasteiger partial charge in [-0.25, -0.2) is 4.99 Å². The van der Waals surface area contributed by atoms with Crippen molar-refractivity contribution in [3.05, 3.63) is 60.9 Å². The predicted molar refractivity (Wildman–Crippen MR) is 83.1 cm³/mol. The van der Waals surface area contributed by atoms with Crippen molar-refractivity contribution in [3.63, 3.8) is 0 Å². The van der Waals surface area contributed by atoms with Gasteiger partial charge in [-0.2, -0.15) is 5.26 Å². The average Bonchev–Trinajstić information content (AvgIpc) is 2.79. The SMILES string of the molecule is C=C/C=C\c1c(C=C)[nH]c(N=CC(=C)C#N)c1C=C. The van der Waals surface area contributed by atoms with E-state index >= 15 is 0 Å². The van der Waals surface area contributed by atoms with E-state index in [0.29, 0.717) is 5.82 Å². The molecule has 0 amide bonds. The number of nitriles is 1. The smallest absolute Gasteiger partial charge is 0.138 e. The fourth-order valence-electron chi connectivity index (χ4n) is 1.52. The van der Waals surface area contributed by atoms with Crippen LogP contribution in [-0.2, 0) is 0 Å². The van der Waals surface area contributed by atoms with E-state index in [1.807, 2.05) is 18.2 Å². The molecule has 0 radical (unpaired) electrons. The lowest BCUT2D eigenvalue weighted by molar-refractivity contribution is 1.32. The topological polar surface area (TPSA) is 51.9 Å². The first-order chi connectivity index (χ1) is 9.17. The van der Waals surface area contributed by atoms with Gasteiger partial charge in [-0.3, -0.25) is 0 Å². The maximum Gasteiger partial charge on any atom is 0.138 e. The number of aliphatic imine (C=N–C) groups is 1. The lowest BCUT2D eigenvalue weighted by atomic mass is 10.1. The van der Waals surface area contributed by atoms with E-state index in [-0.39, 0.29) is 5.57 Å². The van der Waals surface area contributed by atoms with Gasteiger partial charge in [0.05, 0.1) is 5.57 Å². The number of hydrogen-bond acceptors (Lipinski definition) is 2. The molecule has 0 aliphatic heterocycles. The highest BCUT2D eigenvalue weighted by Gasteiger charge is 2.10. The first kappa shape index (κ1) is 14.2. The van der Waals surface area contributed by atoms with Crippen molar-refractivity contribution in [3.8, 4) is 6.07 Å². The summed E-state index contributed by atoms with van der Waals surface area (Å²) in [5.74, 6) is 0.616. The first-order valence-corrected chi connectivity index (χ1v) is 5.61. The number of allylic oxidation sites excluding steroid dienone is 3. The minimum atomic E-state index is 0.285. The molecule has 0 spiro atoms. The Balaban J connectivity index is 3.34. The van der Waals surface area contributed by atoms with Crippen LogP contribution in [0, 0.1) is 11.3 Å². The van der Waals surface area contributed by atoms with Crippen molar-refractivity contribution in [1.29, 1.82) is 5.26 Å². The van der Waals surface area contributed by atoms with Gasteiger partial charge in [0.2, 0.25) is 0 Å². The van der Waals surface area contributed by atoms with Gasteiger partial charge in [0.1, 0.15) is 11.9 Å². The fourth-order valence-corrected chi connectivity index (χ4v) is 1.52. The zero-order valence-corrected chi connectivity index (χ0v) is 10.7. The largest absolute Gasteiger partial charge is 0.339 e. The van der Waals surface area contributed by atoms with Gasteiger partial charge >= 0.3 is 0 Å². The van der Waals surface area contributed by atoms with Crippen LogP contribution >= 0.6 is 0 Å². The number of aromatic amines is 1. The molecule has 1 rings (SSSR count). The van der Waals surface area contributed by atoms with Crippen LogP contribution in [0.25, 0.3) is 18.2 Å². The molecular formula is C16H15N3. The number of aromatic nitrogens is 1. The highest BCUT2D eigenvalue weighted by Crippen LogP contribution is 2.29. The number of hydrogen-bond donors (Lipinski definition) is 1. The summed E-state index contributed by atoms with van der Waals surface area (Å²) in [6.45, 7) is 14.7. The molecule has 0 fully saturated rings. The van der Waals surface area contributed by atoms with Crippen molar-refractivity contribution < 1.29 is 0 Å². The summed E-state index contributed by atoms with van der Waals surface area (Å²) in [5.41, 5.74) is 2.89. The Bertz CT molecular complexity index is 619. The standard InChI is InChI=1S/C16H15N3/c1-5-8-9-14-13(6-2)16(19-15(14)7-3)18-11-12(4)10-17/h5-9,11,19H,1-4H2/b9-8-,18-11?. The lowest BCUT2D eigenvalue weighted by Crippen LogP contribution is -1.77. The molecule has 0 bridgehead atoms. The average molecular weight is 249 g/mol. The zero-order chi connectivity index (χ0) is 14.3. The molecular weight excluding hydrogens is 234 g/mol. The van der Waals surface area contributed by atoms with Crippen LogP contribution in [0.5, 0.6) is 0 Å². The van der Waals surface area contributed by atoms with Crippen LogP contribution in [0.15, 0.2) is 49.0 Å². The quantitative estimate of drug-likeness (QED) is 0.456. The molecule has 0 aliphatic carbocycles. The Morgan fingerprint density at radius 1 is 1.21 bits per heavy atom. The molecule has 3 heteroatoms. The van der Waals surface area contributed by atoms with E-state index in [1.54, 1.807) is 18.2 Å². The molecule has 0 saturated heterocycles. The van der Waals surface area contributed by atoms with Crippen LogP contribution in [0.3, 0.4) is 0 Å². The fraction of sp³-hybridized carbons (Fsp3) is 0. The Kier molecular flexibility index (Phi) is 5.06. The van der Waals surface area contributed by atoms with Gasteiger partial charge in [-0.15, -0.1) is 0 Å². The van der Waals surface area contributed by atoms with E-state index in [1.165, 1.54) is 6.21 Å². The van der Waals surface area contributed by atoms with E-state index in [0.717, 1.165) is 16.8 Å². The van der Waals surface area contributed by atoms with Crippen LogP contribution in [0.2, 0.25) is 0 Å². The van der Waals surface area contributed by atoms with E-state index in [9.17, 15) is 0 Å². The third kappa shape index (κ3) is 3.30. The van der Waals surface area contributed by atoms with Gasteiger partial charge in [-0.1, -0.05) is 50.6 Å².